The molecule has 0 bridgehead atoms. The van der Waals surface area contributed by atoms with Gasteiger partial charge in [-0.05, 0) is 30.5 Å². The molecular weight excluding hydrogens is 208 g/mol. The molecule has 0 aromatic heterocycles. The van der Waals surface area contributed by atoms with Gasteiger partial charge in [0.05, 0.1) is 12.0 Å². The maximum atomic E-state index is 8.96. The fraction of sp³-hybridized carbons (Fsp3) is 0.533. The molecule has 0 radical (unpaired) electrons. The zero-order chi connectivity index (χ0) is 12.7. The van der Waals surface area contributed by atoms with Crippen molar-refractivity contribution in [2.24, 2.45) is 5.92 Å². The van der Waals surface area contributed by atoms with Gasteiger partial charge in [0.2, 0.25) is 0 Å². The molecule has 0 aliphatic rings. The van der Waals surface area contributed by atoms with Gasteiger partial charge >= 0.3 is 0 Å². The van der Waals surface area contributed by atoms with Gasteiger partial charge in [0.1, 0.15) is 0 Å². The van der Waals surface area contributed by atoms with Gasteiger partial charge < -0.3 is 4.90 Å². The number of nitriles is 1. The number of anilines is 1. The number of nitrogens with zero attached hydrogens (tertiary/aromatic N) is 2. The third-order valence-electron chi connectivity index (χ3n) is 3.09. The molecule has 0 aliphatic carbocycles. The second kappa shape index (κ2) is 6.96. The number of benzene rings is 1. The summed E-state index contributed by atoms with van der Waals surface area (Å²) in [6, 6.07) is 11.0. The Morgan fingerprint density at radius 2 is 1.88 bits per heavy atom. The highest BCUT2D eigenvalue weighted by Crippen LogP contribution is 2.16. The summed E-state index contributed by atoms with van der Waals surface area (Å²) < 4.78 is 0. The highest BCUT2D eigenvalue weighted by molar-refractivity contribution is 5.47. The molecule has 1 atom stereocenters. The molecule has 0 heterocycles. The Labute approximate surface area is 105 Å². The van der Waals surface area contributed by atoms with Crippen LogP contribution in [-0.4, -0.2) is 13.6 Å². The van der Waals surface area contributed by atoms with Crippen LogP contribution in [-0.2, 0) is 6.42 Å². The van der Waals surface area contributed by atoms with Gasteiger partial charge in [0.15, 0.2) is 0 Å². The molecule has 92 valence electrons. The normalized spacial score (nSPS) is 11.9. The molecule has 0 N–H and O–H groups in total. The maximum absolute atomic E-state index is 8.96. The van der Waals surface area contributed by atoms with Crippen molar-refractivity contribution in [2.75, 3.05) is 18.5 Å². The minimum absolute atomic E-state index is 0.121. The van der Waals surface area contributed by atoms with Crippen LogP contribution in [0.2, 0.25) is 0 Å². The van der Waals surface area contributed by atoms with E-state index in [1.54, 1.807) is 0 Å². The van der Waals surface area contributed by atoms with Gasteiger partial charge in [-0.15, -0.1) is 0 Å². The fourth-order valence-corrected chi connectivity index (χ4v) is 1.90. The molecule has 0 spiro atoms. The Bertz CT molecular complexity index is 362. The average molecular weight is 230 g/mol. The second-order valence-electron chi connectivity index (χ2n) is 4.53. The van der Waals surface area contributed by atoms with Crippen molar-refractivity contribution in [2.45, 2.75) is 33.1 Å². The molecule has 0 amide bonds. The van der Waals surface area contributed by atoms with Crippen LogP contribution in [0, 0.1) is 17.2 Å². The molecule has 0 saturated carbocycles. The zero-order valence-electron chi connectivity index (χ0n) is 11.1. The number of hydrogen-bond acceptors (Lipinski definition) is 2. The number of hydrogen-bond donors (Lipinski definition) is 0. The topological polar surface area (TPSA) is 27.0 Å². The third kappa shape index (κ3) is 4.11. The summed E-state index contributed by atoms with van der Waals surface area (Å²) in [6.45, 7) is 5.06. The minimum atomic E-state index is 0.121. The predicted octanol–water partition coefficient (Wildman–Crippen LogP) is 3.63. The van der Waals surface area contributed by atoms with E-state index in [2.05, 4.69) is 56.1 Å². The largest absolute Gasteiger partial charge is 0.373 e. The first kappa shape index (κ1) is 13.6. The Morgan fingerprint density at radius 1 is 1.24 bits per heavy atom. The highest BCUT2D eigenvalue weighted by atomic mass is 15.1. The summed E-state index contributed by atoms with van der Waals surface area (Å²) in [5, 5.41) is 8.96. The van der Waals surface area contributed by atoms with E-state index in [0.717, 1.165) is 19.4 Å². The lowest BCUT2D eigenvalue weighted by Gasteiger charge is -2.21. The number of rotatable bonds is 6. The monoisotopic (exact) mass is 230 g/mol. The molecule has 1 aromatic carbocycles. The molecule has 17 heavy (non-hydrogen) atoms. The first-order chi connectivity index (χ1) is 8.21. The van der Waals surface area contributed by atoms with Crippen molar-refractivity contribution in [3.63, 3.8) is 0 Å². The van der Waals surface area contributed by atoms with E-state index in [1.165, 1.54) is 17.7 Å². The SMILES string of the molecule is CCCc1ccc(N(C)CC(C#N)CC)cc1. The second-order valence-corrected chi connectivity index (χ2v) is 4.53. The summed E-state index contributed by atoms with van der Waals surface area (Å²) in [4.78, 5) is 2.16. The van der Waals surface area contributed by atoms with Crippen molar-refractivity contribution in [3.8, 4) is 6.07 Å². The molecule has 1 aromatic rings. The lowest BCUT2D eigenvalue weighted by Crippen LogP contribution is -2.24. The van der Waals surface area contributed by atoms with E-state index >= 15 is 0 Å². The van der Waals surface area contributed by atoms with Crippen LogP contribution in [0.25, 0.3) is 0 Å². The molecule has 0 fully saturated rings. The standard InChI is InChI=1S/C15H22N2/c1-4-6-14-7-9-15(10-8-14)17(3)12-13(5-2)11-16/h7-10,13H,4-6,12H2,1-3H3. The van der Waals surface area contributed by atoms with Crippen molar-refractivity contribution in [1.82, 2.24) is 0 Å². The first-order valence-electron chi connectivity index (χ1n) is 6.40. The van der Waals surface area contributed by atoms with Crippen LogP contribution in [0.5, 0.6) is 0 Å². The van der Waals surface area contributed by atoms with E-state index in [4.69, 9.17) is 5.26 Å². The van der Waals surface area contributed by atoms with Crippen molar-refractivity contribution in [3.05, 3.63) is 29.8 Å². The highest BCUT2D eigenvalue weighted by Gasteiger charge is 2.08. The smallest absolute Gasteiger partial charge is 0.0674 e. The predicted molar refractivity (Wildman–Crippen MR) is 73.1 cm³/mol. The van der Waals surface area contributed by atoms with Gasteiger partial charge in [-0.25, -0.2) is 0 Å². The van der Waals surface area contributed by atoms with E-state index in [1.807, 2.05) is 0 Å². The average Bonchev–Trinajstić information content (AvgIpc) is 2.37. The van der Waals surface area contributed by atoms with E-state index in [-0.39, 0.29) is 5.92 Å². The molecule has 2 heteroatoms. The molecule has 0 aliphatic heterocycles. The van der Waals surface area contributed by atoms with Crippen LogP contribution in [0.15, 0.2) is 24.3 Å². The lowest BCUT2D eigenvalue weighted by atomic mass is 10.1. The van der Waals surface area contributed by atoms with Gasteiger partial charge in [0, 0.05) is 19.3 Å². The van der Waals surface area contributed by atoms with Gasteiger partial charge in [-0.1, -0.05) is 32.4 Å². The van der Waals surface area contributed by atoms with Crippen LogP contribution < -0.4 is 4.90 Å². The van der Waals surface area contributed by atoms with Gasteiger partial charge in [-0.2, -0.15) is 5.26 Å². The maximum Gasteiger partial charge on any atom is 0.0674 e. The van der Waals surface area contributed by atoms with E-state index < -0.39 is 0 Å². The summed E-state index contributed by atoms with van der Waals surface area (Å²) in [7, 11) is 2.05. The lowest BCUT2D eigenvalue weighted by molar-refractivity contribution is 0.631. The van der Waals surface area contributed by atoms with E-state index in [9.17, 15) is 0 Å². The Balaban J connectivity index is 2.63. The van der Waals surface area contributed by atoms with Crippen molar-refractivity contribution < 1.29 is 0 Å². The third-order valence-corrected chi connectivity index (χ3v) is 3.09. The molecular formula is C15H22N2. The first-order valence-corrected chi connectivity index (χ1v) is 6.40. The summed E-state index contributed by atoms with van der Waals surface area (Å²) >= 11 is 0. The molecule has 0 saturated heterocycles. The summed E-state index contributed by atoms with van der Waals surface area (Å²) in [5.74, 6) is 0.121. The minimum Gasteiger partial charge on any atom is -0.373 e. The van der Waals surface area contributed by atoms with Crippen molar-refractivity contribution >= 4 is 5.69 Å². The molecule has 1 unspecified atom stereocenters. The molecule has 2 nitrogen and oxygen atoms in total. The van der Waals surface area contributed by atoms with E-state index in [0.29, 0.717) is 0 Å². The number of aryl methyl sites for hydroxylation is 1. The van der Waals surface area contributed by atoms with Crippen LogP contribution >= 0.6 is 0 Å². The van der Waals surface area contributed by atoms with Crippen molar-refractivity contribution in [1.29, 1.82) is 5.26 Å². The van der Waals surface area contributed by atoms with Crippen LogP contribution in [0.3, 0.4) is 0 Å². The fourth-order valence-electron chi connectivity index (χ4n) is 1.90. The zero-order valence-corrected chi connectivity index (χ0v) is 11.1. The quantitative estimate of drug-likeness (QED) is 0.746. The summed E-state index contributed by atoms with van der Waals surface area (Å²) in [6.07, 6.45) is 3.23. The Hall–Kier alpha value is -1.49. The van der Waals surface area contributed by atoms with Gasteiger partial charge in [0.25, 0.3) is 0 Å². The summed E-state index contributed by atoms with van der Waals surface area (Å²) in [5.41, 5.74) is 2.58. The van der Waals surface area contributed by atoms with Crippen LogP contribution in [0.4, 0.5) is 5.69 Å². The Kier molecular flexibility index (Phi) is 5.56. The Morgan fingerprint density at radius 3 is 2.35 bits per heavy atom. The molecule has 1 rings (SSSR count). The van der Waals surface area contributed by atoms with Gasteiger partial charge in [-0.3, -0.25) is 0 Å². The van der Waals surface area contributed by atoms with Crippen LogP contribution in [0.1, 0.15) is 32.3 Å².